The lowest BCUT2D eigenvalue weighted by Gasteiger charge is -2.24. The van der Waals surface area contributed by atoms with Crippen LogP contribution in [0.25, 0.3) is 0 Å². The molecule has 96 valence electrons. The summed E-state index contributed by atoms with van der Waals surface area (Å²) in [5.74, 6) is 0. The van der Waals surface area contributed by atoms with Gasteiger partial charge in [-0.25, -0.2) is 13.6 Å². The highest BCUT2D eigenvalue weighted by Crippen LogP contribution is 2.03. The van der Waals surface area contributed by atoms with Crippen molar-refractivity contribution in [3.05, 3.63) is 0 Å². The second kappa shape index (κ2) is 7.49. The van der Waals surface area contributed by atoms with Gasteiger partial charge in [-0.15, -0.1) is 0 Å². The highest BCUT2D eigenvalue weighted by molar-refractivity contribution is 6.61. The third kappa shape index (κ3) is 5.35. The summed E-state index contributed by atoms with van der Waals surface area (Å²) in [6.07, 6.45) is -3.72. The van der Waals surface area contributed by atoms with Crippen molar-refractivity contribution in [1.82, 2.24) is 5.32 Å². The molecule has 0 aliphatic rings. The molecule has 0 saturated heterocycles. The Kier molecular flexibility index (Phi) is 7.13. The lowest BCUT2D eigenvalue weighted by molar-refractivity contribution is 0.0481. The van der Waals surface area contributed by atoms with Crippen LogP contribution < -0.4 is 5.32 Å². The molecular formula is C7H15F2NO5Si. The maximum atomic E-state index is 11.7. The lowest BCUT2D eigenvalue weighted by atomic mass is 10.8. The molecule has 0 atom stereocenters. The number of carbonyl (C=O) groups is 1. The van der Waals surface area contributed by atoms with E-state index in [4.69, 9.17) is 13.3 Å². The highest BCUT2D eigenvalue weighted by Gasteiger charge is 2.38. The molecule has 1 N–H and O–H groups in total. The van der Waals surface area contributed by atoms with Crippen molar-refractivity contribution in [2.24, 2.45) is 0 Å². The van der Waals surface area contributed by atoms with Gasteiger partial charge in [0.15, 0.2) is 6.61 Å². The van der Waals surface area contributed by atoms with E-state index >= 15 is 0 Å². The molecule has 0 aromatic heterocycles. The Balaban J connectivity index is 3.97. The Morgan fingerprint density at radius 1 is 1.25 bits per heavy atom. The molecule has 0 spiro atoms. The van der Waals surface area contributed by atoms with Crippen LogP contribution in [0, 0.1) is 0 Å². The Labute approximate surface area is 93.2 Å². The van der Waals surface area contributed by atoms with Gasteiger partial charge < -0.3 is 23.3 Å². The maximum absolute atomic E-state index is 11.7. The highest BCUT2D eigenvalue weighted by atomic mass is 28.4. The Morgan fingerprint density at radius 2 is 1.75 bits per heavy atom. The van der Waals surface area contributed by atoms with Crippen LogP contribution >= 0.6 is 0 Å². The second-order valence-corrected chi connectivity index (χ2v) is 5.58. The fourth-order valence-electron chi connectivity index (χ4n) is 0.837. The van der Waals surface area contributed by atoms with E-state index in [1.807, 2.05) is 0 Å². The standard InChI is InChI=1S/C7H15F2NO5Si/c1-12-16(13-2,14-3)5-10-7(11)15-4-6(8)9/h6H,4-5H2,1-3H3,(H,10,11). The fraction of sp³-hybridized carbons (Fsp3) is 0.857. The summed E-state index contributed by atoms with van der Waals surface area (Å²) >= 11 is 0. The number of alkyl halides is 2. The first-order valence-corrected chi connectivity index (χ1v) is 6.27. The van der Waals surface area contributed by atoms with E-state index in [0.29, 0.717) is 0 Å². The summed E-state index contributed by atoms with van der Waals surface area (Å²) in [6.45, 7) is -0.951. The van der Waals surface area contributed by atoms with Gasteiger partial charge in [0.05, 0.1) is 6.17 Å². The Morgan fingerprint density at radius 3 is 2.12 bits per heavy atom. The monoisotopic (exact) mass is 259 g/mol. The predicted molar refractivity (Wildman–Crippen MR) is 52.1 cm³/mol. The zero-order valence-electron chi connectivity index (χ0n) is 9.29. The van der Waals surface area contributed by atoms with Crippen LogP contribution in [0.1, 0.15) is 0 Å². The number of alkyl carbamates (subject to hydrolysis) is 1. The normalized spacial score (nSPS) is 11.6. The minimum Gasteiger partial charge on any atom is -0.443 e. The van der Waals surface area contributed by atoms with Gasteiger partial charge in [-0.05, 0) is 0 Å². The van der Waals surface area contributed by atoms with Gasteiger partial charge in [0.2, 0.25) is 0 Å². The van der Waals surface area contributed by atoms with Crippen LogP contribution in [0.15, 0.2) is 0 Å². The first-order valence-electron chi connectivity index (χ1n) is 4.34. The van der Waals surface area contributed by atoms with Gasteiger partial charge >= 0.3 is 14.9 Å². The molecule has 0 saturated carbocycles. The molecule has 6 nitrogen and oxygen atoms in total. The molecule has 16 heavy (non-hydrogen) atoms. The summed E-state index contributed by atoms with van der Waals surface area (Å²) in [6, 6.07) is 0. The summed E-state index contributed by atoms with van der Waals surface area (Å²) in [7, 11) is 1.16. The van der Waals surface area contributed by atoms with E-state index in [9.17, 15) is 13.6 Å². The molecule has 0 bridgehead atoms. The van der Waals surface area contributed by atoms with Crippen molar-refractivity contribution in [2.45, 2.75) is 6.43 Å². The SMILES string of the molecule is CO[Si](CNC(=O)OCC(F)F)(OC)OC. The Hall–Kier alpha value is -0.773. The zero-order valence-corrected chi connectivity index (χ0v) is 10.3. The van der Waals surface area contributed by atoms with Crippen molar-refractivity contribution in [3.63, 3.8) is 0 Å². The van der Waals surface area contributed by atoms with E-state index in [1.54, 1.807) is 0 Å². The van der Waals surface area contributed by atoms with E-state index < -0.39 is 27.9 Å². The first kappa shape index (κ1) is 15.2. The van der Waals surface area contributed by atoms with Gasteiger partial charge in [-0.3, -0.25) is 0 Å². The molecule has 0 aliphatic carbocycles. The topological polar surface area (TPSA) is 66.0 Å². The molecule has 0 aliphatic heterocycles. The number of hydrogen-bond acceptors (Lipinski definition) is 5. The summed E-state index contributed by atoms with van der Waals surface area (Å²) in [5.41, 5.74) is 0. The summed E-state index contributed by atoms with van der Waals surface area (Å²) < 4.78 is 42.5. The van der Waals surface area contributed by atoms with Gasteiger partial charge in [-0.1, -0.05) is 0 Å². The van der Waals surface area contributed by atoms with Gasteiger partial charge in [0, 0.05) is 21.3 Å². The van der Waals surface area contributed by atoms with Crippen LogP contribution in [0.4, 0.5) is 13.6 Å². The third-order valence-electron chi connectivity index (χ3n) is 1.72. The lowest BCUT2D eigenvalue weighted by Crippen LogP contribution is -2.53. The van der Waals surface area contributed by atoms with Crippen LogP contribution in [-0.2, 0) is 18.0 Å². The zero-order chi connectivity index (χ0) is 12.6. The molecule has 0 fully saturated rings. The number of halogens is 2. The van der Waals surface area contributed by atoms with Crippen molar-refractivity contribution in [1.29, 1.82) is 0 Å². The predicted octanol–water partition coefficient (Wildman–Crippen LogP) is 0.395. The number of hydrogen-bond donors (Lipinski definition) is 1. The molecular weight excluding hydrogens is 244 g/mol. The molecule has 0 radical (unpaired) electrons. The fourth-order valence-corrected chi connectivity index (χ4v) is 2.13. The van der Waals surface area contributed by atoms with Crippen molar-refractivity contribution in [3.8, 4) is 0 Å². The van der Waals surface area contributed by atoms with Crippen LogP contribution in [0.3, 0.4) is 0 Å². The van der Waals surface area contributed by atoms with Gasteiger partial charge in [0.1, 0.15) is 0 Å². The van der Waals surface area contributed by atoms with Gasteiger partial charge in [0.25, 0.3) is 6.43 Å². The van der Waals surface area contributed by atoms with E-state index in [-0.39, 0.29) is 6.17 Å². The number of amides is 1. The van der Waals surface area contributed by atoms with E-state index in [2.05, 4.69) is 10.1 Å². The molecule has 0 unspecified atom stereocenters. The second-order valence-electron chi connectivity index (χ2n) is 2.64. The molecule has 0 aromatic carbocycles. The number of rotatable bonds is 7. The maximum Gasteiger partial charge on any atom is 0.520 e. The first-order chi connectivity index (χ1) is 7.49. The molecule has 9 heteroatoms. The molecule has 0 aromatic rings. The average molecular weight is 259 g/mol. The average Bonchev–Trinajstić information content (AvgIpc) is 2.29. The minimum atomic E-state index is -2.94. The van der Waals surface area contributed by atoms with Crippen LogP contribution in [0.5, 0.6) is 0 Å². The molecule has 0 rings (SSSR count). The summed E-state index contributed by atoms with van der Waals surface area (Å²) in [5, 5.41) is 2.22. The van der Waals surface area contributed by atoms with E-state index in [1.165, 1.54) is 21.3 Å². The van der Waals surface area contributed by atoms with Gasteiger partial charge in [-0.2, -0.15) is 0 Å². The number of ether oxygens (including phenoxy) is 1. The quantitative estimate of drug-likeness (QED) is 0.670. The smallest absolute Gasteiger partial charge is 0.443 e. The van der Waals surface area contributed by atoms with Crippen molar-refractivity contribution < 1.29 is 31.6 Å². The summed E-state index contributed by atoms with van der Waals surface area (Å²) in [4.78, 5) is 10.9. The molecule has 0 heterocycles. The minimum absolute atomic E-state index is 0.0570. The third-order valence-corrected chi connectivity index (χ3v) is 4.20. The van der Waals surface area contributed by atoms with Crippen LogP contribution in [-0.4, -0.2) is 55.4 Å². The largest absolute Gasteiger partial charge is 0.520 e. The van der Waals surface area contributed by atoms with Crippen molar-refractivity contribution in [2.75, 3.05) is 34.1 Å². The number of nitrogens with one attached hydrogen (secondary N) is 1. The van der Waals surface area contributed by atoms with Crippen LogP contribution in [0.2, 0.25) is 0 Å². The Bertz CT molecular complexity index is 207. The number of carbonyl (C=O) groups excluding carboxylic acids is 1. The molecule has 1 amide bonds. The van der Waals surface area contributed by atoms with Crippen molar-refractivity contribution >= 4 is 14.9 Å². The van der Waals surface area contributed by atoms with E-state index in [0.717, 1.165) is 0 Å².